The van der Waals surface area contributed by atoms with Gasteiger partial charge in [0.1, 0.15) is 20.2 Å². The maximum Gasteiger partial charge on any atom is 1.00 e. The molecule has 6 rings (SSSR count). The molecule has 2 heterocycles. The third-order valence-corrected chi connectivity index (χ3v) is 10.6. The van der Waals surface area contributed by atoms with E-state index in [0.717, 1.165) is 24.3 Å². The van der Waals surface area contributed by atoms with E-state index in [1.807, 2.05) is 0 Å². The molecule has 8 N–H and O–H groups in total. The molecule has 6 aromatic rings. The van der Waals surface area contributed by atoms with Crippen LogP contribution in [0, 0.1) is 0 Å². The van der Waals surface area contributed by atoms with Crippen molar-refractivity contribution in [1.82, 2.24) is 29.9 Å². The molecule has 66 heavy (non-hydrogen) atoms. The fraction of sp³-hybridized carbons (Fsp3) is 0.200. The first-order valence-electron chi connectivity index (χ1n) is 19.3. The molecular formula is C40H42K2N12O10S2. The number of benzene rings is 4. The molecule has 22 nitrogen and oxygen atoms in total. The topological polar surface area (TPSA) is 340 Å². The predicted molar refractivity (Wildman–Crippen MR) is 230 cm³/mol. The largest absolute Gasteiger partial charge is 1.00 e. The van der Waals surface area contributed by atoms with Crippen LogP contribution < -0.4 is 135 Å². The molecule has 0 fully saturated rings. The summed E-state index contributed by atoms with van der Waals surface area (Å²) in [6.07, 6.45) is 2.31. The molecule has 0 atom stereocenters. The summed E-state index contributed by atoms with van der Waals surface area (Å²) in [6.45, 7) is -0.778. The maximum atomic E-state index is 12.6. The molecule has 0 aliphatic carbocycles. The van der Waals surface area contributed by atoms with E-state index in [0.29, 0.717) is 11.4 Å². The van der Waals surface area contributed by atoms with E-state index in [2.05, 4.69) is 49.9 Å². The summed E-state index contributed by atoms with van der Waals surface area (Å²) in [4.78, 5) is 39.9. The van der Waals surface area contributed by atoms with E-state index in [1.165, 1.54) is 34.1 Å². The van der Waals surface area contributed by atoms with Gasteiger partial charge in [-0.2, -0.15) is 9.97 Å². The number of hydrogen-bond donors (Lipinski definition) is 8. The molecule has 4 aromatic carbocycles. The monoisotopic (exact) mass is 992 g/mol. The Balaban J connectivity index is 0.00000476. The third kappa shape index (κ3) is 16.0. The summed E-state index contributed by atoms with van der Waals surface area (Å²) in [6, 6.07) is 24.9. The number of nitrogens with zero attached hydrogens (tertiary/aromatic N) is 8. The Hall–Kier alpha value is -3.63. The van der Waals surface area contributed by atoms with Gasteiger partial charge >= 0.3 is 103 Å². The predicted octanol–water partition coefficient (Wildman–Crippen LogP) is -5.71. The first kappa shape index (κ1) is 55.0. The number of anilines is 2. The fourth-order valence-corrected chi connectivity index (χ4v) is 7.41. The first-order chi connectivity index (χ1) is 30.8. The van der Waals surface area contributed by atoms with Crippen molar-refractivity contribution in [2.45, 2.75) is 9.79 Å². The Morgan fingerprint density at radius 1 is 0.500 bits per heavy atom. The number of aliphatic hydroxyl groups excluding tert-OH is 4. The molecule has 0 saturated carbocycles. The van der Waals surface area contributed by atoms with E-state index in [9.17, 15) is 46.4 Å². The van der Waals surface area contributed by atoms with Crippen molar-refractivity contribution in [3.8, 4) is 0 Å². The maximum absolute atomic E-state index is 12.6. The van der Waals surface area contributed by atoms with E-state index in [-0.39, 0.29) is 212 Å². The summed E-state index contributed by atoms with van der Waals surface area (Å²) >= 11 is 0. The second-order valence-corrected chi connectivity index (χ2v) is 16.1. The number of H-pyrrole nitrogens is 4. The zero-order valence-electron chi connectivity index (χ0n) is 35.7. The Labute approximate surface area is 462 Å². The molecule has 0 bridgehead atoms. The van der Waals surface area contributed by atoms with Gasteiger partial charge in [-0.1, -0.05) is 60.7 Å². The van der Waals surface area contributed by atoms with Crippen molar-refractivity contribution < 1.29 is 149 Å². The van der Waals surface area contributed by atoms with Gasteiger partial charge in [0, 0.05) is 26.2 Å². The quantitative estimate of drug-likeness (QED) is 0.0226. The number of aromatic nitrogens is 6. The van der Waals surface area contributed by atoms with Crippen molar-refractivity contribution in [3.63, 3.8) is 0 Å². The van der Waals surface area contributed by atoms with Crippen LogP contribution in [0.15, 0.2) is 127 Å². The van der Waals surface area contributed by atoms with Crippen LogP contribution >= 0.6 is 0 Å². The number of aliphatic hydroxyl groups is 4. The van der Waals surface area contributed by atoms with Crippen LogP contribution in [0.5, 0.6) is 0 Å². The SMILES string of the molecule is O=S(=O)([O-])c1cc(N=c2[nH]c(N(CCO)CCO)nc(=Nc3ccccc3)[nH]2)ccc1/C=C/c1ccc(N=c2[nH]c(N(CCO)CCO)nc(=Nc3ccccc3)[nH]2)cc1S(=O)(=O)[O-].[K+].[K+]. The van der Waals surface area contributed by atoms with E-state index < -0.39 is 30.0 Å². The van der Waals surface area contributed by atoms with Gasteiger partial charge in [0.2, 0.25) is 34.4 Å². The first-order valence-corrected chi connectivity index (χ1v) is 22.1. The molecule has 0 unspecified atom stereocenters. The van der Waals surface area contributed by atoms with Gasteiger partial charge in [0.25, 0.3) is 0 Å². The van der Waals surface area contributed by atoms with Crippen LogP contribution in [-0.2, 0) is 20.2 Å². The zero-order chi connectivity index (χ0) is 45.7. The van der Waals surface area contributed by atoms with Gasteiger partial charge in [0.15, 0.2) is 0 Å². The molecule has 2 aromatic heterocycles. The average Bonchev–Trinajstić information content (AvgIpc) is 3.26. The standard InChI is InChI=1S/C40H44N12O10S2.2K/c53-21-17-51(18-22-54)39-47-35(41-29-7-3-1-4-8-29)45-37(49-39)43-31-15-13-27(33(25-31)63(57,58)59)11-12-28-14-16-32(26-34(28)64(60,61)62)44-38-46-36(42-30-9-5-2-6-10-30)48-40(50-38)52(19-23-55)20-24-56;;/h1-16,25-26,53-56H,17-24H2,(H,57,58,59)(H,60,61,62)(H2,41,43,45,47,49)(H2,42,44,46,48,50);;/q;2*+1/p-2/b12-11+;;. The van der Waals surface area contributed by atoms with Crippen molar-refractivity contribution in [3.05, 3.63) is 131 Å². The van der Waals surface area contributed by atoms with Gasteiger partial charge in [-0.05, 0) is 59.7 Å². The normalized spacial score (nSPS) is 12.9. The molecule has 336 valence electrons. The van der Waals surface area contributed by atoms with Crippen molar-refractivity contribution >= 4 is 67.0 Å². The summed E-state index contributed by atoms with van der Waals surface area (Å²) in [5, 5.41) is 38.5. The fourth-order valence-electron chi connectivity index (χ4n) is 6.03. The van der Waals surface area contributed by atoms with Crippen LogP contribution in [0.2, 0.25) is 0 Å². The molecule has 0 radical (unpaired) electrons. The summed E-state index contributed by atoms with van der Waals surface area (Å²) in [5.74, 6) is 0.310. The molecule has 0 amide bonds. The summed E-state index contributed by atoms with van der Waals surface area (Å²) in [7, 11) is -10.4. The number of rotatable bonds is 18. The van der Waals surface area contributed by atoms with Gasteiger partial charge in [-0.3, -0.25) is 19.9 Å². The van der Waals surface area contributed by atoms with Crippen molar-refractivity contribution in [2.75, 3.05) is 62.4 Å². The van der Waals surface area contributed by atoms with Gasteiger partial charge in [-0.25, -0.2) is 36.8 Å². The van der Waals surface area contributed by atoms with Crippen LogP contribution in [0.25, 0.3) is 12.2 Å². The molecular weight excluding hydrogens is 951 g/mol. The Morgan fingerprint density at radius 2 is 0.848 bits per heavy atom. The Morgan fingerprint density at radius 3 is 1.17 bits per heavy atom. The molecule has 0 saturated heterocycles. The van der Waals surface area contributed by atoms with E-state index >= 15 is 0 Å². The van der Waals surface area contributed by atoms with Crippen LogP contribution in [0.3, 0.4) is 0 Å². The summed E-state index contributed by atoms with van der Waals surface area (Å²) in [5.41, 5.74) is 0.838. The molecule has 0 aliphatic heterocycles. The van der Waals surface area contributed by atoms with Crippen LogP contribution in [-0.4, -0.2) is 129 Å². The number of nitrogens with one attached hydrogen (secondary N) is 4. The van der Waals surface area contributed by atoms with Crippen LogP contribution in [0.4, 0.5) is 34.6 Å². The van der Waals surface area contributed by atoms with Crippen molar-refractivity contribution in [1.29, 1.82) is 0 Å². The minimum Gasteiger partial charge on any atom is -0.744 e. The third-order valence-electron chi connectivity index (χ3n) is 8.86. The average molecular weight is 993 g/mol. The molecule has 0 aliphatic rings. The zero-order valence-corrected chi connectivity index (χ0v) is 43.6. The van der Waals surface area contributed by atoms with Gasteiger partial charge in [-0.15, -0.1) is 0 Å². The smallest absolute Gasteiger partial charge is 0.744 e. The van der Waals surface area contributed by atoms with Gasteiger partial charge < -0.3 is 39.3 Å². The van der Waals surface area contributed by atoms with E-state index in [4.69, 9.17) is 0 Å². The van der Waals surface area contributed by atoms with Crippen molar-refractivity contribution in [2.24, 2.45) is 20.0 Å². The minimum atomic E-state index is -5.18. The molecule has 26 heteroatoms. The number of para-hydroxylation sites is 2. The Bertz CT molecular complexity index is 2890. The minimum absolute atomic E-state index is 0. The molecule has 0 spiro atoms. The second kappa shape index (κ2) is 26.2. The van der Waals surface area contributed by atoms with Gasteiger partial charge in [0.05, 0.1) is 59.0 Å². The second-order valence-electron chi connectivity index (χ2n) is 13.4. The summed E-state index contributed by atoms with van der Waals surface area (Å²) < 4.78 is 75.6. The number of aromatic amines is 4. The van der Waals surface area contributed by atoms with Crippen LogP contribution in [0.1, 0.15) is 11.1 Å². The Kier molecular flexibility index (Phi) is 21.8. The van der Waals surface area contributed by atoms with E-state index in [1.54, 1.807) is 60.7 Å². The number of hydrogen-bond acceptors (Lipinski definition) is 18.